The normalized spacial score (nSPS) is 11.1. The highest BCUT2D eigenvalue weighted by Crippen LogP contribution is 2.26. The van der Waals surface area contributed by atoms with E-state index in [2.05, 4.69) is 32.8 Å². The summed E-state index contributed by atoms with van der Waals surface area (Å²) in [7, 11) is 2.85. The van der Waals surface area contributed by atoms with Crippen LogP contribution in [0.15, 0.2) is 78.9 Å². The molecule has 0 bridgehead atoms. The second-order valence-corrected chi connectivity index (χ2v) is 6.55. The van der Waals surface area contributed by atoms with E-state index in [1.165, 1.54) is 5.56 Å². The lowest BCUT2D eigenvalue weighted by Crippen LogP contribution is -2.16. The van der Waals surface area contributed by atoms with Gasteiger partial charge in [-0.25, -0.2) is 0 Å². The maximum Gasteiger partial charge on any atom is 0.127 e. The topological polar surface area (TPSA) is 30.5 Å². The minimum Gasteiger partial charge on any atom is -0.494 e. The minimum atomic E-state index is 0.149. The first-order valence-corrected chi connectivity index (χ1v) is 10.5. The fourth-order valence-corrected chi connectivity index (χ4v) is 2.99. The van der Waals surface area contributed by atoms with Crippen LogP contribution < -0.4 is 14.8 Å². The van der Waals surface area contributed by atoms with Gasteiger partial charge in [0.05, 0.1) is 6.61 Å². The highest BCUT2D eigenvalue weighted by atomic mass is 31.0. The summed E-state index contributed by atoms with van der Waals surface area (Å²) in [6.45, 7) is 7.42. The molecule has 0 heterocycles. The van der Waals surface area contributed by atoms with E-state index in [0.29, 0.717) is 6.61 Å². The highest BCUT2D eigenvalue weighted by Gasteiger charge is 2.08. The Morgan fingerprint density at radius 2 is 1.43 bits per heavy atom. The van der Waals surface area contributed by atoms with E-state index in [4.69, 9.17) is 9.47 Å². The second-order valence-electron chi connectivity index (χ2n) is 5.88. The van der Waals surface area contributed by atoms with Gasteiger partial charge in [-0.3, -0.25) is 0 Å². The first kappa shape index (κ1) is 21.9. The number of benzene rings is 3. The molecule has 1 N–H and O–H groups in total. The summed E-state index contributed by atoms with van der Waals surface area (Å²) in [5.74, 6) is 2.76. The van der Waals surface area contributed by atoms with E-state index < -0.39 is 0 Å². The van der Waals surface area contributed by atoms with Crippen LogP contribution in [0.4, 0.5) is 0 Å². The van der Waals surface area contributed by atoms with Gasteiger partial charge >= 0.3 is 0 Å². The Hall–Kier alpha value is -2.35. The molecule has 0 aliphatic heterocycles. The first-order chi connectivity index (χ1) is 13.8. The second kappa shape index (κ2) is 12.2. The summed E-state index contributed by atoms with van der Waals surface area (Å²) in [6, 6.07) is 26.1. The van der Waals surface area contributed by atoms with Crippen molar-refractivity contribution in [1.29, 1.82) is 0 Å². The van der Waals surface area contributed by atoms with Crippen LogP contribution >= 0.6 is 9.24 Å². The molecule has 0 saturated heterocycles. The number of ether oxygens (including phenoxy) is 2. The molecule has 0 aliphatic rings. The van der Waals surface area contributed by atoms with Crippen LogP contribution in [-0.4, -0.2) is 6.61 Å². The van der Waals surface area contributed by atoms with Gasteiger partial charge in [0.2, 0.25) is 0 Å². The average Bonchev–Trinajstić information content (AvgIpc) is 2.76. The molecule has 0 spiro atoms. The van der Waals surface area contributed by atoms with Crippen molar-refractivity contribution in [3.63, 3.8) is 0 Å². The van der Waals surface area contributed by atoms with Crippen molar-refractivity contribution in [1.82, 2.24) is 5.32 Å². The van der Waals surface area contributed by atoms with Gasteiger partial charge in [-0.2, -0.15) is 0 Å². The summed E-state index contributed by atoms with van der Waals surface area (Å²) >= 11 is 0. The van der Waals surface area contributed by atoms with E-state index in [-0.39, 0.29) is 5.78 Å². The summed E-state index contributed by atoms with van der Waals surface area (Å²) in [5.41, 5.74) is 2.34. The molecular formula is C24H30NO2P. The van der Waals surface area contributed by atoms with Crippen molar-refractivity contribution in [2.45, 2.75) is 33.1 Å². The smallest absolute Gasteiger partial charge is 0.127 e. The molecule has 0 amide bonds. The standard InChI is InChI=1S/C22H24NO2P.C2H6/c1-2-24-21-11-7-6-8-18(21)16-23-22(26)17-12-14-20(15-13-17)25-19-9-4-3-5-10-19;1-2/h3-15,22-23H,2,16,26H2,1H3;1-2H3. The fraction of sp³-hybridized carbons (Fsp3) is 0.250. The molecule has 148 valence electrons. The van der Waals surface area contributed by atoms with E-state index in [1.54, 1.807) is 0 Å². The fourth-order valence-electron chi connectivity index (χ4n) is 2.65. The highest BCUT2D eigenvalue weighted by molar-refractivity contribution is 7.17. The van der Waals surface area contributed by atoms with E-state index >= 15 is 0 Å². The number of para-hydroxylation sites is 2. The van der Waals surface area contributed by atoms with Gasteiger partial charge in [0.1, 0.15) is 17.2 Å². The largest absolute Gasteiger partial charge is 0.494 e. The Morgan fingerprint density at radius 3 is 2.11 bits per heavy atom. The van der Waals surface area contributed by atoms with Crippen molar-refractivity contribution < 1.29 is 9.47 Å². The molecule has 0 radical (unpaired) electrons. The molecule has 3 nitrogen and oxygen atoms in total. The number of hydrogen-bond acceptors (Lipinski definition) is 3. The zero-order chi connectivity index (χ0) is 20.2. The van der Waals surface area contributed by atoms with Crippen LogP contribution in [0.25, 0.3) is 0 Å². The molecule has 2 atom stereocenters. The third-order valence-electron chi connectivity index (χ3n) is 4.00. The molecule has 3 aromatic carbocycles. The molecule has 2 unspecified atom stereocenters. The zero-order valence-corrected chi connectivity index (χ0v) is 18.0. The molecule has 0 fully saturated rings. The molecule has 0 aliphatic carbocycles. The third-order valence-corrected chi connectivity index (χ3v) is 4.62. The summed E-state index contributed by atoms with van der Waals surface area (Å²) in [4.78, 5) is 0. The van der Waals surface area contributed by atoms with Gasteiger partial charge in [0, 0.05) is 17.9 Å². The number of hydrogen-bond donors (Lipinski definition) is 1. The lowest BCUT2D eigenvalue weighted by molar-refractivity contribution is 0.335. The molecule has 4 heteroatoms. The lowest BCUT2D eigenvalue weighted by atomic mass is 10.1. The molecule has 0 aromatic heterocycles. The Balaban J connectivity index is 0.00000136. The van der Waals surface area contributed by atoms with Crippen LogP contribution in [0.3, 0.4) is 0 Å². The maximum absolute atomic E-state index is 5.84. The number of rotatable bonds is 8. The van der Waals surface area contributed by atoms with Crippen molar-refractivity contribution in [2.24, 2.45) is 0 Å². The SMILES string of the molecule is CC.CCOc1ccccc1CNC(P)c1ccc(Oc2ccccc2)cc1. The molecule has 28 heavy (non-hydrogen) atoms. The molecule has 3 aromatic rings. The third kappa shape index (κ3) is 6.67. The van der Waals surface area contributed by atoms with Gasteiger partial charge in [-0.05, 0) is 42.8 Å². The average molecular weight is 395 g/mol. The molecule has 3 rings (SSSR count). The molecule has 0 saturated carbocycles. The Labute approximate surface area is 171 Å². The summed E-state index contributed by atoms with van der Waals surface area (Å²) < 4.78 is 11.5. The van der Waals surface area contributed by atoms with Crippen LogP contribution in [0, 0.1) is 0 Å². The quantitative estimate of drug-likeness (QED) is 0.438. The Morgan fingerprint density at radius 1 is 0.821 bits per heavy atom. The van der Waals surface area contributed by atoms with E-state index in [9.17, 15) is 0 Å². The van der Waals surface area contributed by atoms with Crippen molar-refractivity contribution in [3.05, 3.63) is 90.0 Å². The zero-order valence-electron chi connectivity index (χ0n) is 16.9. The Bertz CT molecular complexity index is 806. The predicted octanol–water partition coefficient (Wildman–Crippen LogP) is 6.57. The maximum atomic E-state index is 5.84. The van der Waals surface area contributed by atoms with Gasteiger partial charge in [0.25, 0.3) is 0 Å². The van der Waals surface area contributed by atoms with Gasteiger partial charge < -0.3 is 14.8 Å². The van der Waals surface area contributed by atoms with E-state index in [1.807, 2.05) is 81.4 Å². The van der Waals surface area contributed by atoms with Crippen LogP contribution in [0.2, 0.25) is 0 Å². The van der Waals surface area contributed by atoms with Crippen LogP contribution in [0.5, 0.6) is 17.2 Å². The van der Waals surface area contributed by atoms with Gasteiger partial charge in [-0.1, -0.05) is 62.4 Å². The van der Waals surface area contributed by atoms with Crippen molar-refractivity contribution in [3.8, 4) is 17.2 Å². The summed E-state index contributed by atoms with van der Waals surface area (Å²) in [6.07, 6.45) is 0. The molecular weight excluding hydrogens is 365 g/mol. The monoisotopic (exact) mass is 395 g/mol. The predicted molar refractivity (Wildman–Crippen MR) is 121 cm³/mol. The van der Waals surface area contributed by atoms with Gasteiger partial charge in [-0.15, -0.1) is 9.24 Å². The van der Waals surface area contributed by atoms with E-state index in [0.717, 1.165) is 29.4 Å². The summed E-state index contributed by atoms with van der Waals surface area (Å²) in [5, 5.41) is 3.53. The van der Waals surface area contributed by atoms with Crippen molar-refractivity contribution in [2.75, 3.05) is 6.61 Å². The van der Waals surface area contributed by atoms with Gasteiger partial charge in [0.15, 0.2) is 0 Å². The first-order valence-electron chi connectivity index (χ1n) is 9.79. The Kier molecular flexibility index (Phi) is 9.54. The van der Waals surface area contributed by atoms with Crippen LogP contribution in [-0.2, 0) is 6.54 Å². The van der Waals surface area contributed by atoms with Crippen molar-refractivity contribution >= 4 is 9.24 Å². The minimum absolute atomic E-state index is 0.149. The van der Waals surface area contributed by atoms with Crippen LogP contribution in [0.1, 0.15) is 37.7 Å². The lowest BCUT2D eigenvalue weighted by Gasteiger charge is -2.16. The number of nitrogens with one attached hydrogen (secondary N) is 1.